The second-order valence-electron chi connectivity index (χ2n) is 10.4. The SMILES string of the molecule is CN1C(=O)[C@@](CCC2CCCCC2)(C[C@H]2CCC[C@@H](N[C@H]3CCCC3=O)C2)N=C1N. The molecule has 168 valence electrons. The Balaban J connectivity index is 1.40. The zero-order valence-corrected chi connectivity index (χ0v) is 18.7. The van der Waals surface area contributed by atoms with Gasteiger partial charge in [-0.05, 0) is 56.8 Å². The van der Waals surface area contributed by atoms with Gasteiger partial charge in [0.15, 0.2) is 5.96 Å². The van der Waals surface area contributed by atoms with Crippen LogP contribution in [-0.2, 0) is 9.59 Å². The van der Waals surface area contributed by atoms with Crippen molar-refractivity contribution in [2.75, 3.05) is 7.05 Å². The Bertz CT molecular complexity index is 672. The molecule has 3 aliphatic carbocycles. The number of guanidine groups is 1. The molecule has 4 rings (SSSR count). The normalized spacial score (nSPS) is 35.8. The summed E-state index contributed by atoms with van der Waals surface area (Å²) in [4.78, 5) is 31.7. The Morgan fingerprint density at radius 2 is 1.80 bits per heavy atom. The van der Waals surface area contributed by atoms with Crippen molar-refractivity contribution < 1.29 is 9.59 Å². The van der Waals surface area contributed by atoms with E-state index in [1.807, 2.05) is 0 Å². The Hall–Kier alpha value is -1.43. The molecule has 3 saturated carbocycles. The van der Waals surface area contributed by atoms with E-state index in [9.17, 15) is 9.59 Å². The van der Waals surface area contributed by atoms with Gasteiger partial charge in [0.25, 0.3) is 5.91 Å². The lowest BCUT2D eigenvalue weighted by Gasteiger charge is -2.36. The number of hydrogen-bond acceptors (Lipinski definition) is 5. The summed E-state index contributed by atoms with van der Waals surface area (Å²) < 4.78 is 0. The van der Waals surface area contributed by atoms with Gasteiger partial charge in [0.2, 0.25) is 0 Å². The Morgan fingerprint density at radius 3 is 2.47 bits per heavy atom. The van der Waals surface area contributed by atoms with E-state index < -0.39 is 5.54 Å². The van der Waals surface area contributed by atoms with Crippen molar-refractivity contribution in [2.45, 2.75) is 114 Å². The molecule has 0 aromatic carbocycles. The summed E-state index contributed by atoms with van der Waals surface area (Å²) >= 11 is 0. The van der Waals surface area contributed by atoms with E-state index in [0.29, 0.717) is 23.7 Å². The zero-order chi connectivity index (χ0) is 21.1. The molecule has 1 heterocycles. The molecular weight excluding hydrogens is 376 g/mol. The number of amides is 1. The van der Waals surface area contributed by atoms with E-state index in [-0.39, 0.29) is 11.9 Å². The van der Waals surface area contributed by atoms with E-state index in [4.69, 9.17) is 10.7 Å². The lowest BCUT2D eigenvalue weighted by atomic mass is 9.74. The van der Waals surface area contributed by atoms with Crippen LogP contribution >= 0.6 is 0 Å². The monoisotopic (exact) mass is 416 g/mol. The number of rotatable bonds is 7. The third-order valence-corrected chi connectivity index (χ3v) is 8.22. The molecule has 0 radical (unpaired) electrons. The lowest BCUT2D eigenvalue weighted by molar-refractivity contribution is -0.131. The summed E-state index contributed by atoms with van der Waals surface area (Å²) in [6.45, 7) is 0. The molecule has 0 aromatic heterocycles. The minimum absolute atomic E-state index is 0.0573. The van der Waals surface area contributed by atoms with Crippen molar-refractivity contribution >= 4 is 17.6 Å². The number of nitrogens with one attached hydrogen (secondary N) is 1. The second-order valence-corrected chi connectivity index (χ2v) is 10.4. The molecule has 1 amide bonds. The first-order chi connectivity index (χ1) is 14.5. The molecule has 6 nitrogen and oxygen atoms in total. The number of nitrogens with two attached hydrogens (primary N) is 1. The maximum Gasteiger partial charge on any atom is 0.257 e. The number of carbonyl (C=O) groups is 2. The molecule has 0 bridgehead atoms. The molecule has 0 spiro atoms. The van der Waals surface area contributed by atoms with Crippen molar-refractivity contribution in [3.63, 3.8) is 0 Å². The van der Waals surface area contributed by atoms with Crippen LogP contribution in [-0.4, -0.2) is 47.2 Å². The molecular formula is C24H40N4O2. The van der Waals surface area contributed by atoms with E-state index in [1.165, 1.54) is 32.1 Å². The standard InChI is InChI=1S/C24H40N4O2/c1-28-22(30)24(27-23(28)25,14-13-17-7-3-2-4-8-17)16-18-9-5-10-19(15-18)26-20-11-6-12-21(20)29/h17-20,26H,2-16H2,1H3,(H2,25,27)/t18-,19+,20-,24+/m0/s1. The van der Waals surface area contributed by atoms with Gasteiger partial charge in [-0.3, -0.25) is 14.5 Å². The summed E-state index contributed by atoms with van der Waals surface area (Å²) in [6.07, 6.45) is 16.5. The van der Waals surface area contributed by atoms with Gasteiger partial charge < -0.3 is 11.1 Å². The molecule has 6 heteroatoms. The van der Waals surface area contributed by atoms with Crippen LogP contribution < -0.4 is 11.1 Å². The topological polar surface area (TPSA) is 87.8 Å². The molecule has 1 aliphatic heterocycles. The molecule has 3 N–H and O–H groups in total. The molecule has 0 saturated heterocycles. The van der Waals surface area contributed by atoms with Crippen LogP contribution in [0.3, 0.4) is 0 Å². The van der Waals surface area contributed by atoms with Crippen LogP contribution in [0.2, 0.25) is 0 Å². The minimum Gasteiger partial charge on any atom is -0.369 e. The maximum atomic E-state index is 13.3. The summed E-state index contributed by atoms with van der Waals surface area (Å²) in [5.74, 6) is 2.06. The van der Waals surface area contributed by atoms with Gasteiger partial charge in [-0.25, -0.2) is 4.99 Å². The number of likely N-dealkylation sites (N-methyl/N-ethyl adjacent to an activating group) is 1. The number of hydrogen-bond donors (Lipinski definition) is 2. The highest BCUT2D eigenvalue weighted by molar-refractivity contribution is 6.06. The van der Waals surface area contributed by atoms with Gasteiger partial charge in [0.1, 0.15) is 11.3 Å². The Labute approximate surface area is 181 Å². The van der Waals surface area contributed by atoms with Crippen LogP contribution in [0.4, 0.5) is 0 Å². The Morgan fingerprint density at radius 1 is 1.03 bits per heavy atom. The van der Waals surface area contributed by atoms with Gasteiger partial charge in [-0.1, -0.05) is 44.9 Å². The van der Waals surface area contributed by atoms with Crippen LogP contribution in [0.25, 0.3) is 0 Å². The molecule has 0 aromatic rings. The number of carbonyl (C=O) groups excluding carboxylic acids is 2. The predicted octanol–water partition coefficient (Wildman–Crippen LogP) is 3.53. The quantitative estimate of drug-likeness (QED) is 0.664. The molecule has 0 unspecified atom stereocenters. The van der Waals surface area contributed by atoms with Crippen LogP contribution in [0, 0.1) is 11.8 Å². The second kappa shape index (κ2) is 9.37. The maximum absolute atomic E-state index is 13.3. The first-order valence-corrected chi connectivity index (χ1v) is 12.4. The molecule has 4 aliphatic rings. The first kappa shape index (κ1) is 21.8. The fourth-order valence-corrected chi connectivity index (χ4v) is 6.46. The third-order valence-electron chi connectivity index (χ3n) is 8.22. The van der Waals surface area contributed by atoms with Gasteiger partial charge in [-0.15, -0.1) is 0 Å². The molecule has 3 fully saturated rings. The van der Waals surface area contributed by atoms with Gasteiger partial charge in [0.05, 0.1) is 6.04 Å². The fraction of sp³-hybridized carbons (Fsp3) is 0.875. The van der Waals surface area contributed by atoms with E-state index >= 15 is 0 Å². The zero-order valence-electron chi connectivity index (χ0n) is 18.7. The average molecular weight is 417 g/mol. The molecule has 30 heavy (non-hydrogen) atoms. The van der Waals surface area contributed by atoms with Gasteiger partial charge in [0, 0.05) is 19.5 Å². The predicted molar refractivity (Wildman–Crippen MR) is 119 cm³/mol. The average Bonchev–Trinajstić information content (AvgIpc) is 3.24. The van der Waals surface area contributed by atoms with Crippen molar-refractivity contribution in [2.24, 2.45) is 22.6 Å². The fourth-order valence-electron chi connectivity index (χ4n) is 6.46. The smallest absolute Gasteiger partial charge is 0.257 e. The van der Waals surface area contributed by atoms with Crippen molar-refractivity contribution in [3.8, 4) is 0 Å². The lowest BCUT2D eigenvalue weighted by Crippen LogP contribution is -2.46. The van der Waals surface area contributed by atoms with Crippen molar-refractivity contribution in [1.82, 2.24) is 10.2 Å². The Kier molecular flexibility index (Phi) is 6.81. The first-order valence-electron chi connectivity index (χ1n) is 12.4. The van der Waals surface area contributed by atoms with Crippen molar-refractivity contribution in [3.05, 3.63) is 0 Å². The highest BCUT2D eigenvalue weighted by atomic mass is 16.2. The highest BCUT2D eigenvalue weighted by Gasteiger charge is 2.48. The van der Waals surface area contributed by atoms with Crippen LogP contribution in [0.1, 0.15) is 96.3 Å². The third kappa shape index (κ3) is 4.74. The van der Waals surface area contributed by atoms with Crippen LogP contribution in [0.5, 0.6) is 0 Å². The number of nitrogens with zero attached hydrogens (tertiary/aromatic N) is 2. The highest BCUT2D eigenvalue weighted by Crippen LogP contribution is 2.40. The van der Waals surface area contributed by atoms with Crippen LogP contribution in [0.15, 0.2) is 4.99 Å². The van der Waals surface area contributed by atoms with E-state index in [1.54, 1.807) is 11.9 Å². The molecule has 4 atom stereocenters. The summed E-state index contributed by atoms with van der Waals surface area (Å²) in [6, 6.07) is 0.448. The summed E-state index contributed by atoms with van der Waals surface area (Å²) in [7, 11) is 1.76. The summed E-state index contributed by atoms with van der Waals surface area (Å²) in [5, 5.41) is 3.64. The largest absolute Gasteiger partial charge is 0.369 e. The van der Waals surface area contributed by atoms with Gasteiger partial charge >= 0.3 is 0 Å². The number of ketones is 1. The summed E-state index contributed by atoms with van der Waals surface area (Å²) in [5.41, 5.74) is 5.45. The number of aliphatic imine (C=N–C) groups is 1. The number of Topliss-reactive ketones (excluding diaryl/α,β-unsaturated/α-hetero) is 1. The minimum atomic E-state index is -0.661. The van der Waals surface area contributed by atoms with Gasteiger partial charge in [-0.2, -0.15) is 0 Å². The van der Waals surface area contributed by atoms with E-state index in [2.05, 4.69) is 5.32 Å². The van der Waals surface area contributed by atoms with Crippen molar-refractivity contribution in [1.29, 1.82) is 0 Å². The van der Waals surface area contributed by atoms with E-state index in [0.717, 1.165) is 70.1 Å².